The minimum absolute atomic E-state index is 0.0197. The van der Waals surface area contributed by atoms with E-state index in [1.54, 1.807) is 54.1 Å². The van der Waals surface area contributed by atoms with E-state index in [0.29, 0.717) is 0 Å². The lowest BCUT2D eigenvalue weighted by molar-refractivity contribution is 0.861. The molecule has 0 aliphatic heterocycles. The number of hydrogen-bond donors (Lipinski definition) is 0. The molecule has 2 aromatic heterocycles. The fraction of sp³-hybridized carbons (Fsp3) is 0.250. The molecule has 0 unspecified atom stereocenters. The first-order valence-corrected chi connectivity index (χ1v) is 6.57. The average molecular weight is 247 g/mol. The molecule has 5 heteroatoms. The average Bonchev–Trinajstić information content (AvgIpc) is 2.34. The van der Waals surface area contributed by atoms with Gasteiger partial charge in [-0.25, -0.2) is 9.97 Å². The molecular formula is C12H13N3OS. The van der Waals surface area contributed by atoms with E-state index >= 15 is 0 Å². The number of hydrogen-bond acceptors (Lipinski definition) is 4. The summed E-state index contributed by atoms with van der Waals surface area (Å²) in [6.07, 6.45) is 7.39. The van der Waals surface area contributed by atoms with Gasteiger partial charge < -0.3 is 4.57 Å². The maximum Gasteiger partial charge on any atom is 0.250 e. The molecule has 0 radical (unpaired) electrons. The van der Waals surface area contributed by atoms with Crippen molar-refractivity contribution in [2.24, 2.45) is 7.05 Å². The summed E-state index contributed by atoms with van der Waals surface area (Å²) < 4.78 is 1.55. The highest BCUT2D eigenvalue weighted by Gasteiger charge is 2.01. The predicted molar refractivity (Wildman–Crippen MR) is 69.9 cm³/mol. The number of nitrogens with zero attached hydrogens (tertiary/aromatic N) is 3. The number of pyridine rings is 1. The summed E-state index contributed by atoms with van der Waals surface area (Å²) in [4.78, 5) is 19.8. The number of rotatable bonds is 3. The van der Waals surface area contributed by atoms with Crippen molar-refractivity contribution in [2.75, 3.05) is 6.26 Å². The summed E-state index contributed by atoms with van der Waals surface area (Å²) in [5.74, 6) is 1.64. The molecule has 0 aromatic carbocycles. The van der Waals surface area contributed by atoms with Crippen LogP contribution < -0.4 is 5.56 Å². The molecule has 0 bridgehead atoms. The summed E-state index contributed by atoms with van der Waals surface area (Å²) in [5.41, 5.74) is 1.85. The standard InChI is InChI=1S/C12H13N3OS/c1-15-7-9(3-4-12(15)16)10-5-13-11(8-17-2)14-6-10/h3-7H,8H2,1-2H3. The molecule has 0 aliphatic rings. The van der Waals surface area contributed by atoms with E-state index in [2.05, 4.69) is 9.97 Å². The van der Waals surface area contributed by atoms with Crippen LogP contribution in [0.3, 0.4) is 0 Å². The Morgan fingerprint density at radius 2 is 1.94 bits per heavy atom. The van der Waals surface area contributed by atoms with Gasteiger partial charge in [0.1, 0.15) is 5.82 Å². The Morgan fingerprint density at radius 3 is 2.53 bits per heavy atom. The first-order valence-electron chi connectivity index (χ1n) is 5.17. The minimum Gasteiger partial charge on any atom is -0.318 e. The highest BCUT2D eigenvalue weighted by Crippen LogP contribution is 2.15. The minimum atomic E-state index is -0.0197. The zero-order chi connectivity index (χ0) is 12.3. The van der Waals surface area contributed by atoms with Crippen LogP contribution in [0, 0.1) is 0 Å². The van der Waals surface area contributed by atoms with Crippen molar-refractivity contribution < 1.29 is 0 Å². The summed E-state index contributed by atoms with van der Waals surface area (Å²) >= 11 is 1.69. The van der Waals surface area contributed by atoms with Crippen LogP contribution in [-0.4, -0.2) is 20.8 Å². The largest absolute Gasteiger partial charge is 0.318 e. The highest BCUT2D eigenvalue weighted by molar-refractivity contribution is 7.97. The van der Waals surface area contributed by atoms with Crippen molar-refractivity contribution in [2.45, 2.75) is 5.75 Å². The molecular weight excluding hydrogens is 234 g/mol. The fourth-order valence-electron chi connectivity index (χ4n) is 1.47. The van der Waals surface area contributed by atoms with Crippen molar-refractivity contribution >= 4 is 11.8 Å². The zero-order valence-electron chi connectivity index (χ0n) is 9.75. The molecule has 17 heavy (non-hydrogen) atoms. The maximum atomic E-state index is 11.3. The Hall–Kier alpha value is -1.62. The SMILES string of the molecule is CSCc1ncc(-c2ccc(=O)n(C)c2)cn1. The first kappa shape index (κ1) is 11.9. The molecule has 0 amide bonds. The van der Waals surface area contributed by atoms with E-state index in [1.807, 2.05) is 6.26 Å². The van der Waals surface area contributed by atoms with E-state index in [9.17, 15) is 4.79 Å². The topological polar surface area (TPSA) is 47.8 Å². The van der Waals surface area contributed by atoms with Crippen LogP contribution in [0.2, 0.25) is 0 Å². The third-order valence-corrected chi connectivity index (χ3v) is 2.94. The number of aromatic nitrogens is 3. The lowest BCUT2D eigenvalue weighted by Gasteiger charge is -2.04. The van der Waals surface area contributed by atoms with Crippen LogP contribution >= 0.6 is 11.8 Å². The van der Waals surface area contributed by atoms with E-state index in [0.717, 1.165) is 22.7 Å². The molecule has 0 N–H and O–H groups in total. The van der Waals surface area contributed by atoms with Crippen molar-refractivity contribution in [1.82, 2.24) is 14.5 Å². The van der Waals surface area contributed by atoms with Crippen molar-refractivity contribution in [3.8, 4) is 11.1 Å². The van der Waals surface area contributed by atoms with Crippen molar-refractivity contribution in [3.63, 3.8) is 0 Å². The van der Waals surface area contributed by atoms with Gasteiger partial charge in [0, 0.05) is 42.8 Å². The van der Waals surface area contributed by atoms with Gasteiger partial charge in [0.15, 0.2) is 0 Å². The van der Waals surface area contributed by atoms with Crippen LogP contribution in [0.15, 0.2) is 35.5 Å². The van der Waals surface area contributed by atoms with Gasteiger partial charge in [0.05, 0.1) is 5.75 Å². The Morgan fingerprint density at radius 1 is 1.24 bits per heavy atom. The van der Waals surface area contributed by atoms with Gasteiger partial charge in [-0.05, 0) is 12.3 Å². The van der Waals surface area contributed by atoms with Gasteiger partial charge in [0.25, 0.3) is 0 Å². The van der Waals surface area contributed by atoms with Crippen LogP contribution in [0.25, 0.3) is 11.1 Å². The normalized spacial score (nSPS) is 10.5. The summed E-state index contributed by atoms with van der Waals surface area (Å²) in [5, 5.41) is 0. The summed E-state index contributed by atoms with van der Waals surface area (Å²) in [7, 11) is 1.73. The molecule has 2 aromatic rings. The molecule has 0 aliphatic carbocycles. The van der Waals surface area contributed by atoms with Gasteiger partial charge >= 0.3 is 0 Å². The molecule has 0 fully saturated rings. The van der Waals surface area contributed by atoms with Gasteiger partial charge in [-0.3, -0.25) is 4.79 Å². The van der Waals surface area contributed by atoms with E-state index in [-0.39, 0.29) is 5.56 Å². The molecule has 4 nitrogen and oxygen atoms in total. The molecule has 2 heterocycles. The molecule has 88 valence electrons. The number of aryl methyl sites for hydroxylation is 1. The Bertz CT molecular complexity index is 563. The van der Waals surface area contributed by atoms with Crippen molar-refractivity contribution in [1.29, 1.82) is 0 Å². The monoisotopic (exact) mass is 247 g/mol. The van der Waals surface area contributed by atoms with Gasteiger partial charge in [-0.2, -0.15) is 11.8 Å². The lowest BCUT2D eigenvalue weighted by atomic mass is 10.1. The molecule has 0 spiro atoms. The van der Waals surface area contributed by atoms with E-state index in [4.69, 9.17) is 0 Å². The zero-order valence-corrected chi connectivity index (χ0v) is 10.6. The quantitative estimate of drug-likeness (QED) is 0.828. The summed E-state index contributed by atoms with van der Waals surface area (Å²) in [6.45, 7) is 0. The molecule has 0 saturated heterocycles. The smallest absolute Gasteiger partial charge is 0.250 e. The second-order valence-electron chi connectivity index (χ2n) is 3.69. The Labute approximate surface area is 104 Å². The second kappa shape index (κ2) is 5.14. The molecule has 0 saturated carbocycles. The predicted octanol–water partition coefficient (Wildman–Crippen LogP) is 1.71. The van der Waals surface area contributed by atoms with Crippen LogP contribution in [-0.2, 0) is 12.8 Å². The van der Waals surface area contributed by atoms with Crippen LogP contribution in [0.5, 0.6) is 0 Å². The molecule has 0 atom stereocenters. The third-order valence-electron chi connectivity index (χ3n) is 2.40. The van der Waals surface area contributed by atoms with Gasteiger partial charge in [0.2, 0.25) is 5.56 Å². The van der Waals surface area contributed by atoms with Gasteiger partial charge in [-0.15, -0.1) is 0 Å². The Balaban J connectivity index is 2.33. The summed E-state index contributed by atoms with van der Waals surface area (Å²) in [6, 6.07) is 3.33. The van der Waals surface area contributed by atoms with Crippen LogP contribution in [0.4, 0.5) is 0 Å². The fourth-order valence-corrected chi connectivity index (χ4v) is 1.88. The second-order valence-corrected chi connectivity index (χ2v) is 4.55. The maximum absolute atomic E-state index is 11.3. The van der Waals surface area contributed by atoms with Crippen molar-refractivity contribution in [3.05, 3.63) is 46.9 Å². The van der Waals surface area contributed by atoms with Gasteiger partial charge in [-0.1, -0.05) is 0 Å². The molecule has 2 rings (SSSR count). The van der Waals surface area contributed by atoms with E-state index < -0.39 is 0 Å². The van der Waals surface area contributed by atoms with Crippen LogP contribution in [0.1, 0.15) is 5.82 Å². The first-order chi connectivity index (χ1) is 8.20. The highest BCUT2D eigenvalue weighted by atomic mass is 32.2. The third kappa shape index (κ3) is 2.74. The Kier molecular flexibility index (Phi) is 3.58. The lowest BCUT2D eigenvalue weighted by Crippen LogP contribution is -2.13. The van der Waals surface area contributed by atoms with E-state index in [1.165, 1.54) is 0 Å². The number of thioether (sulfide) groups is 1.